The molecule has 0 amide bonds. The van der Waals surface area contributed by atoms with E-state index in [0.29, 0.717) is 27.2 Å². The van der Waals surface area contributed by atoms with Gasteiger partial charge in [0.05, 0.1) is 41.7 Å². The Hall–Kier alpha value is -4.22. The molecule has 17 heteroatoms. The first-order valence-corrected chi connectivity index (χ1v) is 12.7. The molecule has 1 aromatic carbocycles. The molecule has 14 nitrogen and oxygen atoms in total. The summed E-state index contributed by atoms with van der Waals surface area (Å²) in [6.07, 6.45) is 3.13. The number of thiocarbonyl (C=S) groups is 2. The molecule has 0 aliphatic heterocycles. The molecule has 0 saturated carbocycles. The number of nitrogen functional groups attached to an aromatic ring is 1. The maximum atomic E-state index is 11.4. The number of halogens is 1. The molecule has 8 N–H and O–H groups in total. The predicted octanol–water partition coefficient (Wildman–Crippen LogP) is 1.49. The molecule has 4 aromatic rings. The maximum absolute atomic E-state index is 11.4. The number of nitrogens with one attached hydrogen (secondary N) is 5. The van der Waals surface area contributed by atoms with Crippen LogP contribution in [-0.4, -0.2) is 58.8 Å². The number of aromatic amines is 1. The van der Waals surface area contributed by atoms with E-state index in [4.69, 9.17) is 51.6 Å². The molecule has 0 radical (unpaired) electrons. The van der Waals surface area contributed by atoms with Crippen molar-refractivity contribution in [1.82, 2.24) is 40.8 Å². The zero-order chi connectivity index (χ0) is 28.9. The Balaban J connectivity index is 0.000000238. The molecule has 4 rings (SSSR count). The molecular formula is C23H26ClN11O3S2. The van der Waals surface area contributed by atoms with Crippen LogP contribution in [-0.2, 0) is 11.5 Å². The molecule has 0 aliphatic carbocycles. The molecule has 210 valence electrons. The van der Waals surface area contributed by atoms with Gasteiger partial charge >= 0.3 is 0 Å². The number of ether oxygens (including phenoxy) is 1. The average Bonchev–Trinajstić information content (AvgIpc) is 3.36. The number of fused-ring (bicyclic) bond motifs is 1. The van der Waals surface area contributed by atoms with Gasteiger partial charge in [-0.25, -0.2) is 4.98 Å². The zero-order valence-electron chi connectivity index (χ0n) is 21.1. The van der Waals surface area contributed by atoms with Gasteiger partial charge in [0.25, 0.3) is 5.56 Å². The quantitative estimate of drug-likeness (QED) is 0.0696. The summed E-state index contributed by atoms with van der Waals surface area (Å²) in [6.45, 7) is 2.13. The third-order valence-electron chi connectivity index (χ3n) is 4.73. The molecule has 0 spiro atoms. The Bertz CT molecular complexity index is 1530. The summed E-state index contributed by atoms with van der Waals surface area (Å²) >= 11 is 16.3. The SMILES string of the molecule is C/C(=N\NC(=S)NNC(=S)Nc1ccccc1Cl)c1ccccn1.Nc1nc2c(ncn2COCCO)c(=O)[nH]1. The first kappa shape index (κ1) is 30.3. The minimum absolute atomic E-state index is 0.0291. The molecule has 0 fully saturated rings. The molecule has 0 unspecified atom stereocenters. The van der Waals surface area contributed by atoms with Crippen LogP contribution in [0.4, 0.5) is 11.6 Å². The highest BCUT2D eigenvalue weighted by Gasteiger charge is 2.08. The number of imidazole rings is 1. The number of para-hydroxylation sites is 1. The summed E-state index contributed by atoms with van der Waals surface area (Å²) in [5, 5.41) is 16.8. The van der Waals surface area contributed by atoms with Crippen LogP contribution < -0.4 is 32.9 Å². The number of rotatable bonds is 7. The van der Waals surface area contributed by atoms with Crippen LogP contribution in [0.25, 0.3) is 11.2 Å². The average molecular weight is 604 g/mol. The van der Waals surface area contributed by atoms with Crippen molar-refractivity contribution >= 4 is 74.8 Å². The van der Waals surface area contributed by atoms with E-state index >= 15 is 0 Å². The lowest BCUT2D eigenvalue weighted by Gasteiger charge is -2.13. The third kappa shape index (κ3) is 9.21. The molecule has 40 heavy (non-hydrogen) atoms. The lowest BCUT2D eigenvalue weighted by atomic mass is 10.3. The number of pyridine rings is 1. The Morgan fingerprint density at radius 2 is 1.93 bits per heavy atom. The van der Waals surface area contributed by atoms with E-state index in [0.717, 1.165) is 5.69 Å². The van der Waals surface area contributed by atoms with Gasteiger partial charge in [-0.2, -0.15) is 10.1 Å². The molecule has 0 saturated heterocycles. The van der Waals surface area contributed by atoms with Crippen molar-refractivity contribution in [3.63, 3.8) is 0 Å². The van der Waals surface area contributed by atoms with Crippen LogP contribution in [0.5, 0.6) is 0 Å². The second-order valence-corrected chi connectivity index (χ2v) is 8.86. The minimum Gasteiger partial charge on any atom is -0.394 e. The smallest absolute Gasteiger partial charge is 0.280 e. The monoisotopic (exact) mass is 603 g/mol. The number of nitrogens with two attached hydrogens (primary N) is 1. The van der Waals surface area contributed by atoms with Crippen molar-refractivity contribution < 1.29 is 9.84 Å². The number of aliphatic hydroxyl groups is 1. The van der Waals surface area contributed by atoms with Gasteiger partial charge in [-0.05, 0) is 55.6 Å². The Labute approximate surface area is 244 Å². The molecule has 0 aliphatic rings. The highest BCUT2D eigenvalue weighted by molar-refractivity contribution is 7.80. The lowest BCUT2D eigenvalue weighted by Crippen LogP contribution is -2.47. The Morgan fingerprint density at radius 1 is 1.18 bits per heavy atom. The van der Waals surface area contributed by atoms with Gasteiger partial charge in [0, 0.05) is 6.20 Å². The Morgan fingerprint density at radius 3 is 2.65 bits per heavy atom. The minimum atomic E-state index is -0.386. The summed E-state index contributed by atoms with van der Waals surface area (Å²) in [4.78, 5) is 25.8. The van der Waals surface area contributed by atoms with Crippen LogP contribution in [0, 0.1) is 0 Å². The van der Waals surface area contributed by atoms with E-state index in [1.54, 1.807) is 12.3 Å². The van der Waals surface area contributed by atoms with Gasteiger partial charge in [0.15, 0.2) is 16.3 Å². The number of aliphatic hydroxyl groups excluding tert-OH is 1. The summed E-state index contributed by atoms with van der Waals surface area (Å²) in [6, 6.07) is 12.9. The fourth-order valence-corrected chi connectivity index (χ4v) is 3.36. The number of H-pyrrole nitrogens is 1. The largest absolute Gasteiger partial charge is 0.394 e. The van der Waals surface area contributed by atoms with E-state index in [1.165, 1.54) is 10.9 Å². The summed E-state index contributed by atoms with van der Waals surface area (Å²) in [7, 11) is 0. The topological polar surface area (TPSA) is 192 Å². The summed E-state index contributed by atoms with van der Waals surface area (Å²) in [5.74, 6) is 0.0291. The third-order valence-corrected chi connectivity index (χ3v) is 5.46. The second-order valence-electron chi connectivity index (χ2n) is 7.64. The van der Waals surface area contributed by atoms with Gasteiger partial charge in [0.2, 0.25) is 11.1 Å². The van der Waals surface area contributed by atoms with E-state index in [-0.39, 0.29) is 42.1 Å². The fourth-order valence-electron chi connectivity index (χ4n) is 2.92. The summed E-state index contributed by atoms with van der Waals surface area (Å²) < 4.78 is 6.63. The number of hydrogen-bond donors (Lipinski definition) is 7. The molecular weight excluding hydrogens is 578 g/mol. The van der Waals surface area contributed by atoms with E-state index in [1.807, 2.05) is 43.3 Å². The highest BCUT2D eigenvalue weighted by atomic mass is 35.5. The van der Waals surface area contributed by atoms with Crippen LogP contribution >= 0.6 is 36.0 Å². The van der Waals surface area contributed by atoms with Gasteiger partial charge < -0.3 is 20.9 Å². The number of benzene rings is 1. The highest BCUT2D eigenvalue weighted by Crippen LogP contribution is 2.20. The number of hydrazone groups is 1. The van der Waals surface area contributed by atoms with Crippen LogP contribution in [0.2, 0.25) is 5.02 Å². The van der Waals surface area contributed by atoms with Crippen molar-refractivity contribution in [3.8, 4) is 0 Å². The number of nitrogens with zero attached hydrogens (tertiary/aromatic N) is 5. The zero-order valence-corrected chi connectivity index (χ0v) is 23.5. The first-order valence-electron chi connectivity index (χ1n) is 11.5. The van der Waals surface area contributed by atoms with E-state index in [2.05, 4.69) is 46.6 Å². The molecule has 3 heterocycles. The van der Waals surface area contributed by atoms with Crippen molar-refractivity contribution in [3.05, 3.63) is 76.1 Å². The van der Waals surface area contributed by atoms with Gasteiger partial charge in [-0.1, -0.05) is 29.8 Å². The molecule has 3 aromatic heterocycles. The van der Waals surface area contributed by atoms with Gasteiger partial charge in [-0.3, -0.25) is 35.6 Å². The van der Waals surface area contributed by atoms with E-state index < -0.39 is 0 Å². The normalized spacial score (nSPS) is 10.8. The number of aromatic nitrogens is 5. The van der Waals surface area contributed by atoms with Crippen LogP contribution in [0.1, 0.15) is 12.6 Å². The van der Waals surface area contributed by atoms with Crippen LogP contribution in [0.3, 0.4) is 0 Å². The van der Waals surface area contributed by atoms with Crippen LogP contribution in [0.15, 0.2) is 64.9 Å². The number of hydrazine groups is 1. The summed E-state index contributed by atoms with van der Waals surface area (Å²) in [5.41, 5.74) is 15.9. The van der Waals surface area contributed by atoms with Crippen molar-refractivity contribution in [1.29, 1.82) is 0 Å². The van der Waals surface area contributed by atoms with E-state index in [9.17, 15) is 4.79 Å². The second kappa shape index (κ2) is 15.4. The number of hydrogen-bond acceptors (Lipinski definition) is 10. The maximum Gasteiger partial charge on any atom is 0.280 e. The Kier molecular flexibility index (Phi) is 11.7. The standard InChI is InChI=1S/C15H15ClN6S2.C8H11N5O3/c1-10(12-7-4-5-9-17-12)19-21-15(24)22-20-14(23)18-13-8-3-2-6-11(13)16;9-8-11-6-5(7(15)12-8)10-3-13(6)4-16-2-1-14/h2-9H,1H3,(H2,18,20,23)(H2,21,22,24);3,14H,1-2,4H2,(H3,9,11,12,15)/b19-10+;. The van der Waals surface area contributed by atoms with Gasteiger partial charge in [-0.15, -0.1) is 0 Å². The molecule has 0 atom stereocenters. The molecule has 0 bridgehead atoms. The first-order chi connectivity index (χ1) is 19.3. The van der Waals surface area contributed by atoms with Crippen molar-refractivity contribution in [2.75, 3.05) is 24.3 Å². The predicted molar refractivity (Wildman–Crippen MR) is 162 cm³/mol. The number of anilines is 2. The fraction of sp³-hybridized carbons (Fsp3) is 0.174. The van der Waals surface area contributed by atoms with Crippen molar-refractivity contribution in [2.45, 2.75) is 13.7 Å². The van der Waals surface area contributed by atoms with Gasteiger partial charge in [0.1, 0.15) is 6.73 Å². The lowest BCUT2D eigenvalue weighted by molar-refractivity contribution is 0.0499. The van der Waals surface area contributed by atoms with Crippen molar-refractivity contribution in [2.24, 2.45) is 5.10 Å².